The van der Waals surface area contributed by atoms with Crippen molar-refractivity contribution in [2.45, 2.75) is 25.4 Å². The third-order valence-electron chi connectivity index (χ3n) is 3.27. The zero-order chi connectivity index (χ0) is 14.8. The van der Waals surface area contributed by atoms with Gasteiger partial charge in [-0.3, -0.25) is 0 Å². The van der Waals surface area contributed by atoms with Crippen molar-refractivity contribution in [2.75, 3.05) is 0 Å². The number of benzene rings is 1. The quantitative estimate of drug-likeness (QED) is 0.379. The van der Waals surface area contributed by atoms with Gasteiger partial charge < -0.3 is 20.4 Å². The first-order chi connectivity index (χ1) is 9.46. The average Bonchev–Trinajstić information content (AvgIpc) is 2.81. The maximum Gasteiger partial charge on any atom is 0.336 e. The summed E-state index contributed by atoms with van der Waals surface area (Å²) in [4.78, 5) is 14.4. The van der Waals surface area contributed by atoms with Crippen LogP contribution in [0.2, 0.25) is 0 Å². The number of carboxylic acid groups (broad SMARTS) is 1. The Morgan fingerprint density at radius 3 is 2.75 bits per heavy atom. The molecule has 6 heteroatoms. The van der Waals surface area contributed by atoms with E-state index in [9.17, 15) is 15.0 Å². The van der Waals surface area contributed by atoms with Crippen LogP contribution in [0.4, 0.5) is 0 Å². The fourth-order valence-corrected chi connectivity index (χ4v) is 2.27. The molecule has 0 aliphatic carbocycles. The molecule has 1 aromatic heterocycles. The van der Waals surface area contributed by atoms with Crippen molar-refractivity contribution < 1.29 is 20.2 Å². The van der Waals surface area contributed by atoms with Gasteiger partial charge in [-0.2, -0.15) is 0 Å². The van der Waals surface area contributed by atoms with Gasteiger partial charge in [-0.1, -0.05) is 23.4 Å². The van der Waals surface area contributed by atoms with E-state index < -0.39 is 11.6 Å². The van der Waals surface area contributed by atoms with E-state index in [1.165, 1.54) is 6.92 Å². The fraction of sp³-hybridized carbons (Fsp3) is 0.286. The Morgan fingerprint density at radius 1 is 1.40 bits per heavy atom. The molecule has 0 radical (unpaired) electrons. The molecule has 2 rings (SSSR count). The monoisotopic (exact) mass is 276 g/mol. The SMILES string of the molecule is CC(CC(O)(Cc1c[nH]c2ccccc12)C(=O)O)=NO. The number of fused-ring (bicyclic) bond motifs is 1. The number of H-pyrrole nitrogens is 1. The van der Waals surface area contributed by atoms with E-state index in [4.69, 9.17) is 5.21 Å². The number of oxime groups is 1. The molecule has 1 aromatic carbocycles. The molecule has 0 fully saturated rings. The largest absolute Gasteiger partial charge is 0.479 e. The fourth-order valence-electron chi connectivity index (χ4n) is 2.27. The molecule has 0 bridgehead atoms. The number of para-hydroxylation sites is 1. The van der Waals surface area contributed by atoms with Gasteiger partial charge in [0.25, 0.3) is 0 Å². The molecule has 0 aliphatic heterocycles. The van der Waals surface area contributed by atoms with E-state index in [1.54, 1.807) is 6.20 Å². The maximum atomic E-state index is 11.3. The number of carbonyl (C=O) groups is 1. The van der Waals surface area contributed by atoms with E-state index in [1.807, 2.05) is 24.3 Å². The maximum absolute atomic E-state index is 11.3. The normalized spacial score (nSPS) is 15.2. The molecular weight excluding hydrogens is 260 g/mol. The zero-order valence-corrected chi connectivity index (χ0v) is 11.0. The number of aromatic nitrogens is 1. The van der Waals surface area contributed by atoms with E-state index in [-0.39, 0.29) is 18.6 Å². The summed E-state index contributed by atoms with van der Waals surface area (Å²) >= 11 is 0. The van der Waals surface area contributed by atoms with Crippen LogP contribution in [0.1, 0.15) is 18.9 Å². The van der Waals surface area contributed by atoms with Gasteiger partial charge >= 0.3 is 5.97 Å². The number of aliphatic hydroxyl groups is 1. The molecule has 0 aliphatic rings. The smallest absolute Gasteiger partial charge is 0.336 e. The lowest BCUT2D eigenvalue weighted by atomic mass is 9.89. The van der Waals surface area contributed by atoms with Crippen LogP contribution in [0.3, 0.4) is 0 Å². The minimum atomic E-state index is -2.00. The molecule has 1 heterocycles. The molecule has 1 unspecified atom stereocenters. The molecule has 20 heavy (non-hydrogen) atoms. The lowest BCUT2D eigenvalue weighted by Crippen LogP contribution is -2.42. The van der Waals surface area contributed by atoms with Crippen molar-refractivity contribution in [3.63, 3.8) is 0 Å². The first-order valence-electron chi connectivity index (χ1n) is 6.14. The summed E-state index contributed by atoms with van der Waals surface area (Å²) in [6.07, 6.45) is 1.38. The summed E-state index contributed by atoms with van der Waals surface area (Å²) in [5.74, 6) is -1.34. The standard InChI is InChI=1S/C14H16N2O4/c1-9(16-20)6-14(19,13(17)18)7-10-8-15-12-5-3-2-4-11(10)12/h2-5,8,15,19-20H,6-7H2,1H3,(H,17,18). The Labute approximate surface area is 115 Å². The van der Waals surface area contributed by atoms with Crippen molar-refractivity contribution >= 4 is 22.6 Å². The van der Waals surface area contributed by atoms with Gasteiger partial charge in [0.05, 0.1) is 5.71 Å². The molecule has 0 amide bonds. The minimum Gasteiger partial charge on any atom is -0.479 e. The van der Waals surface area contributed by atoms with Gasteiger partial charge in [0, 0.05) is 29.9 Å². The van der Waals surface area contributed by atoms with Gasteiger partial charge in [-0.05, 0) is 18.6 Å². The van der Waals surface area contributed by atoms with E-state index in [0.29, 0.717) is 5.56 Å². The molecule has 2 aromatic rings. The van der Waals surface area contributed by atoms with Gasteiger partial charge in [-0.25, -0.2) is 4.79 Å². The Morgan fingerprint density at radius 2 is 2.10 bits per heavy atom. The predicted molar refractivity (Wildman–Crippen MR) is 74.1 cm³/mol. The molecule has 6 nitrogen and oxygen atoms in total. The van der Waals surface area contributed by atoms with Crippen LogP contribution in [0.15, 0.2) is 35.6 Å². The van der Waals surface area contributed by atoms with Crippen LogP contribution < -0.4 is 0 Å². The second-order valence-electron chi connectivity index (χ2n) is 4.89. The van der Waals surface area contributed by atoms with Crippen LogP contribution >= 0.6 is 0 Å². The van der Waals surface area contributed by atoms with Gasteiger partial charge in [0.15, 0.2) is 5.60 Å². The summed E-state index contributed by atoms with van der Waals surface area (Å²) < 4.78 is 0. The number of carboxylic acids is 1. The van der Waals surface area contributed by atoms with E-state index >= 15 is 0 Å². The molecule has 1 atom stereocenters. The highest BCUT2D eigenvalue weighted by Gasteiger charge is 2.37. The molecule has 0 saturated carbocycles. The summed E-state index contributed by atoms with van der Waals surface area (Å²) in [6, 6.07) is 7.45. The lowest BCUT2D eigenvalue weighted by molar-refractivity contribution is -0.157. The Balaban J connectivity index is 2.35. The second kappa shape index (κ2) is 5.34. The Kier molecular flexibility index (Phi) is 3.76. The number of nitrogens with one attached hydrogen (secondary N) is 1. The number of nitrogens with zero attached hydrogens (tertiary/aromatic N) is 1. The van der Waals surface area contributed by atoms with Crippen LogP contribution in [0.5, 0.6) is 0 Å². The molecule has 0 saturated heterocycles. The van der Waals surface area contributed by atoms with Crippen LogP contribution in [0, 0.1) is 0 Å². The summed E-state index contributed by atoms with van der Waals surface area (Å²) in [5, 5.41) is 32.0. The first kappa shape index (κ1) is 14.1. The highest BCUT2D eigenvalue weighted by atomic mass is 16.4. The van der Waals surface area contributed by atoms with Gasteiger partial charge in [0.1, 0.15) is 0 Å². The van der Waals surface area contributed by atoms with Crippen LogP contribution in [-0.4, -0.2) is 37.7 Å². The van der Waals surface area contributed by atoms with E-state index in [0.717, 1.165) is 10.9 Å². The molecule has 106 valence electrons. The lowest BCUT2D eigenvalue weighted by Gasteiger charge is -2.22. The topological polar surface area (TPSA) is 106 Å². The van der Waals surface area contributed by atoms with Crippen molar-refractivity contribution in [3.05, 3.63) is 36.0 Å². The second-order valence-corrected chi connectivity index (χ2v) is 4.89. The van der Waals surface area contributed by atoms with E-state index in [2.05, 4.69) is 10.1 Å². The highest BCUT2D eigenvalue weighted by molar-refractivity contribution is 5.91. The number of hydrogen-bond acceptors (Lipinski definition) is 4. The molecule has 4 N–H and O–H groups in total. The Bertz CT molecular complexity index is 662. The minimum absolute atomic E-state index is 0.0702. The van der Waals surface area contributed by atoms with Crippen LogP contribution in [-0.2, 0) is 11.2 Å². The first-order valence-corrected chi connectivity index (χ1v) is 6.14. The predicted octanol–water partition coefficient (Wildman–Crippen LogP) is 1.77. The molecule has 0 spiro atoms. The highest BCUT2D eigenvalue weighted by Crippen LogP contribution is 2.25. The number of hydrogen-bond donors (Lipinski definition) is 4. The third kappa shape index (κ3) is 2.65. The average molecular weight is 276 g/mol. The number of rotatable bonds is 5. The Hall–Kier alpha value is -2.34. The zero-order valence-electron chi connectivity index (χ0n) is 11.0. The number of aromatic amines is 1. The van der Waals surface area contributed by atoms with Crippen molar-refractivity contribution in [1.29, 1.82) is 0 Å². The van der Waals surface area contributed by atoms with Gasteiger partial charge in [-0.15, -0.1) is 0 Å². The van der Waals surface area contributed by atoms with Crippen molar-refractivity contribution in [2.24, 2.45) is 5.16 Å². The van der Waals surface area contributed by atoms with Gasteiger partial charge in [0.2, 0.25) is 0 Å². The van der Waals surface area contributed by atoms with Crippen molar-refractivity contribution in [3.8, 4) is 0 Å². The number of aliphatic carboxylic acids is 1. The van der Waals surface area contributed by atoms with Crippen molar-refractivity contribution in [1.82, 2.24) is 4.98 Å². The third-order valence-corrected chi connectivity index (χ3v) is 3.27. The van der Waals surface area contributed by atoms with Crippen LogP contribution in [0.25, 0.3) is 10.9 Å². The summed E-state index contributed by atoms with van der Waals surface area (Å²) in [7, 11) is 0. The molecular formula is C14H16N2O4. The summed E-state index contributed by atoms with van der Waals surface area (Å²) in [5.41, 5.74) is -0.255. The summed E-state index contributed by atoms with van der Waals surface area (Å²) in [6.45, 7) is 1.46.